The van der Waals surface area contributed by atoms with Crippen molar-refractivity contribution in [3.8, 4) is 0 Å². The highest BCUT2D eigenvalue weighted by Gasteiger charge is 2.38. The summed E-state index contributed by atoms with van der Waals surface area (Å²) in [5.74, 6) is 0.690. The first-order valence-corrected chi connectivity index (χ1v) is 5.89. The van der Waals surface area contributed by atoms with Crippen LogP contribution in [0, 0.1) is 5.92 Å². The van der Waals surface area contributed by atoms with Crippen LogP contribution in [0.3, 0.4) is 0 Å². The van der Waals surface area contributed by atoms with Crippen molar-refractivity contribution in [2.24, 2.45) is 5.92 Å². The van der Waals surface area contributed by atoms with Crippen LogP contribution in [0.1, 0.15) is 12.8 Å². The van der Waals surface area contributed by atoms with E-state index in [4.69, 9.17) is 4.74 Å². The lowest BCUT2D eigenvalue weighted by molar-refractivity contribution is -0.0179. The van der Waals surface area contributed by atoms with Gasteiger partial charge in [-0.15, -0.1) is 0 Å². The van der Waals surface area contributed by atoms with Crippen molar-refractivity contribution in [2.75, 3.05) is 13.2 Å². The highest BCUT2D eigenvalue weighted by molar-refractivity contribution is 4.96. The smallest absolute Gasteiger partial charge is 0.0773 e. The molecule has 1 N–H and O–H groups in total. The molecule has 0 aromatic carbocycles. The average Bonchev–Trinajstić information content (AvgIpc) is 2.89. The number of morpholine rings is 1. The second-order valence-electron chi connectivity index (χ2n) is 4.61. The lowest BCUT2D eigenvalue weighted by atomic mass is 10.0. The first-order valence-electron chi connectivity index (χ1n) is 5.89. The molecule has 3 heteroatoms. The molecule has 0 spiro atoms. The number of ether oxygens (including phenoxy) is 1. The summed E-state index contributed by atoms with van der Waals surface area (Å²) in [7, 11) is 0. The standard InChI is InChI=1S/C12H18N2O/c1-2-7-14(6-1)9-10-3-4-11-12(10)15-8-5-13-11/h1-2,6-7,10-13H,3-5,8-9H2/t10-,11+,12-/m0/s1. The molecule has 82 valence electrons. The first kappa shape index (κ1) is 9.43. The van der Waals surface area contributed by atoms with Crippen LogP contribution in [0.25, 0.3) is 0 Å². The molecule has 3 nitrogen and oxygen atoms in total. The van der Waals surface area contributed by atoms with Crippen LogP contribution < -0.4 is 5.32 Å². The van der Waals surface area contributed by atoms with Crippen LogP contribution >= 0.6 is 0 Å². The number of nitrogens with one attached hydrogen (secondary N) is 1. The Bertz CT molecular complexity index is 309. The largest absolute Gasteiger partial charge is 0.375 e. The quantitative estimate of drug-likeness (QED) is 0.788. The van der Waals surface area contributed by atoms with Crippen molar-refractivity contribution in [2.45, 2.75) is 31.5 Å². The van der Waals surface area contributed by atoms with Crippen LogP contribution in [0.5, 0.6) is 0 Å². The van der Waals surface area contributed by atoms with Crippen LogP contribution in [-0.2, 0) is 11.3 Å². The van der Waals surface area contributed by atoms with Gasteiger partial charge in [-0.2, -0.15) is 0 Å². The molecule has 1 aliphatic carbocycles. The molecule has 1 saturated carbocycles. The topological polar surface area (TPSA) is 26.2 Å². The minimum absolute atomic E-state index is 0.446. The van der Waals surface area contributed by atoms with Crippen molar-refractivity contribution < 1.29 is 4.74 Å². The number of hydrogen-bond acceptors (Lipinski definition) is 2. The lowest BCUT2D eigenvalue weighted by Gasteiger charge is -2.30. The van der Waals surface area contributed by atoms with Gasteiger partial charge in [-0.05, 0) is 25.0 Å². The van der Waals surface area contributed by atoms with E-state index in [0.717, 1.165) is 19.7 Å². The zero-order valence-electron chi connectivity index (χ0n) is 8.93. The zero-order chi connectivity index (χ0) is 10.1. The summed E-state index contributed by atoms with van der Waals surface area (Å²) in [6, 6.07) is 4.79. The van der Waals surface area contributed by atoms with E-state index in [2.05, 4.69) is 34.4 Å². The monoisotopic (exact) mass is 206 g/mol. The minimum Gasteiger partial charge on any atom is -0.375 e. The van der Waals surface area contributed by atoms with Gasteiger partial charge in [0.2, 0.25) is 0 Å². The maximum absolute atomic E-state index is 5.89. The molecule has 2 heterocycles. The molecule has 1 aromatic rings. The molecule has 0 bridgehead atoms. The van der Waals surface area contributed by atoms with Gasteiger partial charge in [0, 0.05) is 37.4 Å². The average molecular weight is 206 g/mol. The Morgan fingerprint density at radius 3 is 3.00 bits per heavy atom. The number of rotatable bonds is 2. The Morgan fingerprint density at radius 2 is 2.13 bits per heavy atom. The molecule has 3 atom stereocenters. The summed E-state index contributed by atoms with van der Waals surface area (Å²) in [6.07, 6.45) is 7.30. The summed E-state index contributed by atoms with van der Waals surface area (Å²) in [5.41, 5.74) is 0. The molecule has 0 amide bonds. The molecule has 0 unspecified atom stereocenters. The summed E-state index contributed by atoms with van der Waals surface area (Å²) in [5, 5.41) is 3.56. The molecule has 0 radical (unpaired) electrons. The van der Waals surface area contributed by atoms with Gasteiger partial charge in [-0.25, -0.2) is 0 Å². The predicted molar refractivity (Wildman–Crippen MR) is 58.7 cm³/mol. The molecule has 2 fully saturated rings. The number of hydrogen-bond donors (Lipinski definition) is 1. The number of nitrogens with zero attached hydrogens (tertiary/aromatic N) is 1. The van der Waals surface area contributed by atoms with E-state index in [0.29, 0.717) is 18.1 Å². The molecule has 1 aliphatic heterocycles. The number of fused-ring (bicyclic) bond motifs is 1. The number of aromatic nitrogens is 1. The van der Waals surface area contributed by atoms with Crippen molar-refractivity contribution in [1.29, 1.82) is 0 Å². The van der Waals surface area contributed by atoms with Gasteiger partial charge in [0.1, 0.15) is 0 Å². The normalized spacial score (nSPS) is 35.3. The SMILES string of the molecule is c1ccn(C[C@@H]2CC[C@H]3NCCO[C@@H]23)c1. The molecule has 2 aliphatic rings. The van der Waals surface area contributed by atoms with Crippen LogP contribution in [0.4, 0.5) is 0 Å². The molecule has 3 rings (SSSR count). The molecule has 1 saturated heterocycles. The van der Waals surface area contributed by atoms with Crippen molar-refractivity contribution >= 4 is 0 Å². The third-order valence-corrected chi connectivity index (χ3v) is 3.64. The summed E-state index contributed by atoms with van der Waals surface area (Å²) < 4.78 is 8.16. The predicted octanol–water partition coefficient (Wildman–Crippen LogP) is 1.26. The van der Waals surface area contributed by atoms with E-state index in [9.17, 15) is 0 Å². The molecule has 15 heavy (non-hydrogen) atoms. The van der Waals surface area contributed by atoms with E-state index in [1.165, 1.54) is 12.8 Å². The molecular formula is C12H18N2O. The highest BCUT2D eigenvalue weighted by atomic mass is 16.5. The third-order valence-electron chi connectivity index (χ3n) is 3.64. The van der Waals surface area contributed by atoms with Gasteiger partial charge in [-0.3, -0.25) is 0 Å². The van der Waals surface area contributed by atoms with Crippen LogP contribution in [0.2, 0.25) is 0 Å². The summed E-state index contributed by atoms with van der Waals surface area (Å²) in [6.45, 7) is 3.01. The van der Waals surface area contributed by atoms with Gasteiger partial charge in [0.25, 0.3) is 0 Å². The highest BCUT2D eigenvalue weighted by Crippen LogP contribution is 2.31. The van der Waals surface area contributed by atoms with Crippen LogP contribution in [0.15, 0.2) is 24.5 Å². The maximum atomic E-state index is 5.89. The molecular weight excluding hydrogens is 188 g/mol. The van der Waals surface area contributed by atoms with Crippen molar-refractivity contribution in [3.05, 3.63) is 24.5 Å². The van der Waals surface area contributed by atoms with Gasteiger partial charge < -0.3 is 14.6 Å². The third kappa shape index (κ3) is 1.82. The Labute approximate surface area is 90.4 Å². The van der Waals surface area contributed by atoms with Gasteiger partial charge >= 0.3 is 0 Å². The minimum atomic E-state index is 0.446. The Morgan fingerprint density at radius 1 is 1.27 bits per heavy atom. The fourth-order valence-corrected chi connectivity index (χ4v) is 2.92. The van der Waals surface area contributed by atoms with Gasteiger partial charge in [0.15, 0.2) is 0 Å². The first-order chi connectivity index (χ1) is 7.43. The second kappa shape index (κ2) is 3.99. The van der Waals surface area contributed by atoms with Crippen LogP contribution in [-0.4, -0.2) is 29.9 Å². The van der Waals surface area contributed by atoms with Gasteiger partial charge in [-0.1, -0.05) is 0 Å². The maximum Gasteiger partial charge on any atom is 0.0773 e. The van der Waals surface area contributed by atoms with Crippen molar-refractivity contribution in [1.82, 2.24) is 9.88 Å². The summed E-state index contributed by atoms with van der Waals surface area (Å²) >= 11 is 0. The fourth-order valence-electron chi connectivity index (χ4n) is 2.92. The Hall–Kier alpha value is -0.800. The van der Waals surface area contributed by atoms with E-state index in [-0.39, 0.29) is 0 Å². The Balaban J connectivity index is 1.67. The molecule has 1 aromatic heterocycles. The Kier molecular flexibility index (Phi) is 2.51. The van der Waals surface area contributed by atoms with E-state index in [1.807, 2.05) is 0 Å². The lowest BCUT2D eigenvalue weighted by Crippen LogP contribution is -2.47. The van der Waals surface area contributed by atoms with E-state index in [1.54, 1.807) is 0 Å². The fraction of sp³-hybridized carbons (Fsp3) is 0.667. The second-order valence-corrected chi connectivity index (χ2v) is 4.61. The van der Waals surface area contributed by atoms with E-state index >= 15 is 0 Å². The summed E-state index contributed by atoms with van der Waals surface area (Å²) in [4.78, 5) is 0. The van der Waals surface area contributed by atoms with E-state index < -0.39 is 0 Å². The zero-order valence-corrected chi connectivity index (χ0v) is 8.93. The van der Waals surface area contributed by atoms with Crippen molar-refractivity contribution in [3.63, 3.8) is 0 Å². The van der Waals surface area contributed by atoms with Gasteiger partial charge in [0.05, 0.1) is 12.7 Å².